The van der Waals surface area contributed by atoms with Crippen LogP contribution in [0.25, 0.3) is 10.8 Å². The maximum absolute atomic E-state index is 11.6. The maximum Gasteiger partial charge on any atom is 0.220 e. The predicted octanol–water partition coefficient (Wildman–Crippen LogP) is 3.70. The zero-order valence-corrected chi connectivity index (χ0v) is 12.8. The van der Waals surface area contributed by atoms with Crippen LogP contribution in [0.4, 0.5) is 0 Å². The van der Waals surface area contributed by atoms with Gasteiger partial charge in [-0.15, -0.1) is 0 Å². The number of carbonyl (C=O) groups is 1. The Kier molecular flexibility index (Phi) is 5.61. The van der Waals surface area contributed by atoms with Crippen molar-refractivity contribution >= 4 is 16.7 Å². The molecule has 0 atom stereocenters. The fourth-order valence-electron chi connectivity index (χ4n) is 2.45. The molecule has 3 nitrogen and oxygen atoms in total. The van der Waals surface area contributed by atoms with Gasteiger partial charge in [-0.1, -0.05) is 31.2 Å². The minimum Gasteiger partial charge on any atom is -0.497 e. The van der Waals surface area contributed by atoms with Gasteiger partial charge in [0.2, 0.25) is 5.91 Å². The van der Waals surface area contributed by atoms with Crippen LogP contribution in [0, 0.1) is 0 Å². The van der Waals surface area contributed by atoms with Gasteiger partial charge in [0.1, 0.15) is 5.75 Å². The lowest BCUT2D eigenvalue weighted by Crippen LogP contribution is -2.23. The highest BCUT2D eigenvalue weighted by Crippen LogP contribution is 2.25. The first-order valence-corrected chi connectivity index (χ1v) is 7.57. The number of aryl methyl sites for hydroxylation is 1. The molecule has 0 aliphatic carbocycles. The Bertz CT molecular complexity index is 607. The van der Waals surface area contributed by atoms with Gasteiger partial charge in [0, 0.05) is 13.0 Å². The number of benzene rings is 2. The average molecular weight is 285 g/mol. The normalized spacial score (nSPS) is 10.6. The van der Waals surface area contributed by atoms with Crippen molar-refractivity contribution in [3.63, 3.8) is 0 Å². The number of hydrogen-bond acceptors (Lipinski definition) is 2. The molecule has 21 heavy (non-hydrogen) atoms. The number of carbonyl (C=O) groups excluding carboxylic acids is 1. The van der Waals surface area contributed by atoms with E-state index < -0.39 is 0 Å². The van der Waals surface area contributed by atoms with Crippen LogP contribution in [-0.2, 0) is 11.2 Å². The highest BCUT2D eigenvalue weighted by molar-refractivity contribution is 5.87. The number of rotatable bonds is 7. The molecule has 0 saturated heterocycles. The molecule has 2 aromatic rings. The van der Waals surface area contributed by atoms with Crippen molar-refractivity contribution < 1.29 is 9.53 Å². The third-order valence-corrected chi connectivity index (χ3v) is 3.60. The van der Waals surface area contributed by atoms with Crippen LogP contribution in [0.5, 0.6) is 5.75 Å². The van der Waals surface area contributed by atoms with Crippen LogP contribution in [0.3, 0.4) is 0 Å². The predicted molar refractivity (Wildman–Crippen MR) is 86.7 cm³/mol. The summed E-state index contributed by atoms with van der Waals surface area (Å²) in [7, 11) is 1.68. The number of nitrogens with one attached hydrogen (secondary N) is 1. The van der Waals surface area contributed by atoms with Gasteiger partial charge in [0.15, 0.2) is 0 Å². The molecule has 0 spiro atoms. The van der Waals surface area contributed by atoms with Crippen LogP contribution in [0.15, 0.2) is 36.4 Å². The Labute approximate surface area is 126 Å². The smallest absolute Gasteiger partial charge is 0.220 e. The first kappa shape index (κ1) is 15.4. The van der Waals surface area contributed by atoms with E-state index in [4.69, 9.17) is 4.74 Å². The summed E-state index contributed by atoms with van der Waals surface area (Å²) in [4.78, 5) is 11.6. The van der Waals surface area contributed by atoms with Crippen LogP contribution in [-0.4, -0.2) is 19.6 Å². The monoisotopic (exact) mass is 285 g/mol. The molecule has 0 aliphatic rings. The third kappa shape index (κ3) is 4.22. The summed E-state index contributed by atoms with van der Waals surface area (Å²) in [6.45, 7) is 2.83. The SMILES string of the molecule is CCCNC(=O)CCCc1cccc2ccc(OC)cc12. The van der Waals surface area contributed by atoms with E-state index in [1.165, 1.54) is 16.3 Å². The van der Waals surface area contributed by atoms with Crippen LogP contribution >= 0.6 is 0 Å². The van der Waals surface area contributed by atoms with E-state index >= 15 is 0 Å². The van der Waals surface area contributed by atoms with E-state index in [1.807, 2.05) is 6.07 Å². The van der Waals surface area contributed by atoms with Crippen molar-refractivity contribution in [2.45, 2.75) is 32.6 Å². The maximum atomic E-state index is 11.6. The van der Waals surface area contributed by atoms with Crippen molar-refractivity contribution in [1.82, 2.24) is 5.32 Å². The zero-order valence-electron chi connectivity index (χ0n) is 12.8. The van der Waals surface area contributed by atoms with Gasteiger partial charge in [0.05, 0.1) is 7.11 Å². The van der Waals surface area contributed by atoms with E-state index in [-0.39, 0.29) is 5.91 Å². The summed E-state index contributed by atoms with van der Waals surface area (Å²) in [5, 5.41) is 5.34. The highest BCUT2D eigenvalue weighted by Gasteiger charge is 2.05. The molecular formula is C18H23NO2. The van der Waals surface area contributed by atoms with Crippen molar-refractivity contribution in [3.8, 4) is 5.75 Å². The van der Waals surface area contributed by atoms with Gasteiger partial charge in [-0.3, -0.25) is 4.79 Å². The van der Waals surface area contributed by atoms with Crippen molar-refractivity contribution in [3.05, 3.63) is 42.0 Å². The van der Waals surface area contributed by atoms with Gasteiger partial charge in [-0.25, -0.2) is 0 Å². The van der Waals surface area contributed by atoms with Gasteiger partial charge < -0.3 is 10.1 Å². The lowest BCUT2D eigenvalue weighted by atomic mass is 10.00. The molecule has 0 aliphatic heterocycles. The second-order valence-electron chi connectivity index (χ2n) is 5.21. The number of amides is 1. The fourth-order valence-corrected chi connectivity index (χ4v) is 2.45. The largest absolute Gasteiger partial charge is 0.497 e. The Balaban J connectivity index is 2.03. The van der Waals surface area contributed by atoms with Crippen LogP contribution in [0.1, 0.15) is 31.7 Å². The van der Waals surface area contributed by atoms with Crippen LogP contribution < -0.4 is 10.1 Å². The third-order valence-electron chi connectivity index (χ3n) is 3.60. The summed E-state index contributed by atoms with van der Waals surface area (Å²) in [6.07, 6.45) is 3.34. The van der Waals surface area contributed by atoms with Crippen molar-refractivity contribution in [2.24, 2.45) is 0 Å². The van der Waals surface area contributed by atoms with Gasteiger partial charge >= 0.3 is 0 Å². The Morgan fingerprint density at radius 1 is 1.24 bits per heavy atom. The molecule has 1 N–H and O–H groups in total. The molecule has 2 rings (SSSR count). The molecule has 112 valence electrons. The average Bonchev–Trinajstić information content (AvgIpc) is 2.52. The van der Waals surface area contributed by atoms with Gasteiger partial charge in [0.25, 0.3) is 0 Å². The molecule has 3 heteroatoms. The molecule has 0 saturated carbocycles. The second kappa shape index (κ2) is 7.67. The number of hydrogen-bond donors (Lipinski definition) is 1. The van der Waals surface area contributed by atoms with Crippen molar-refractivity contribution in [2.75, 3.05) is 13.7 Å². The van der Waals surface area contributed by atoms with Gasteiger partial charge in [-0.2, -0.15) is 0 Å². The molecule has 0 heterocycles. The molecular weight excluding hydrogens is 262 g/mol. The lowest BCUT2D eigenvalue weighted by Gasteiger charge is -2.09. The molecule has 1 amide bonds. The number of fused-ring (bicyclic) bond motifs is 1. The second-order valence-corrected chi connectivity index (χ2v) is 5.21. The molecule has 0 bridgehead atoms. The Morgan fingerprint density at radius 3 is 2.86 bits per heavy atom. The summed E-state index contributed by atoms with van der Waals surface area (Å²) >= 11 is 0. The minimum atomic E-state index is 0.148. The summed E-state index contributed by atoms with van der Waals surface area (Å²) in [5.41, 5.74) is 1.27. The van der Waals surface area contributed by atoms with Crippen LogP contribution in [0.2, 0.25) is 0 Å². The summed E-state index contributed by atoms with van der Waals surface area (Å²) < 4.78 is 5.30. The number of methoxy groups -OCH3 is 1. The van der Waals surface area contributed by atoms with E-state index in [9.17, 15) is 4.79 Å². The zero-order chi connectivity index (χ0) is 15.1. The van der Waals surface area contributed by atoms with Crippen molar-refractivity contribution in [1.29, 1.82) is 0 Å². The van der Waals surface area contributed by atoms with E-state index in [2.05, 4.69) is 42.6 Å². The lowest BCUT2D eigenvalue weighted by molar-refractivity contribution is -0.121. The molecule has 0 radical (unpaired) electrons. The minimum absolute atomic E-state index is 0.148. The van der Waals surface area contributed by atoms with E-state index in [0.717, 1.165) is 31.6 Å². The van der Waals surface area contributed by atoms with E-state index in [1.54, 1.807) is 7.11 Å². The molecule has 0 unspecified atom stereocenters. The van der Waals surface area contributed by atoms with E-state index in [0.29, 0.717) is 6.42 Å². The summed E-state index contributed by atoms with van der Waals surface area (Å²) in [5.74, 6) is 1.02. The molecule has 2 aromatic carbocycles. The first-order chi connectivity index (χ1) is 10.2. The highest BCUT2D eigenvalue weighted by atomic mass is 16.5. The molecule has 0 fully saturated rings. The fraction of sp³-hybridized carbons (Fsp3) is 0.389. The molecule has 0 aromatic heterocycles. The standard InChI is InChI=1S/C18H23NO2/c1-3-12-19-18(20)9-5-8-14-6-4-7-15-10-11-16(21-2)13-17(14)15/h4,6-7,10-11,13H,3,5,8-9,12H2,1-2H3,(H,19,20). The van der Waals surface area contributed by atoms with Gasteiger partial charge in [-0.05, 0) is 47.7 Å². The first-order valence-electron chi connectivity index (χ1n) is 7.57. The topological polar surface area (TPSA) is 38.3 Å². The Hall–Kier alpha value is -2.03. The quantitative estimate of drug-likeness (QED) is 0.842. The Morgan fingerprint density at radius 2 is 2.10 bits per heavy atom. The summed E-state index contributed by atoms with van der Waals surface area (Å²) in [6, 6.07) is 12.4. The number of ether oxygens (including phenoxy) is 1.